The Morgan fingerprint density at radius 1 is 1.10 bits per heavy atom. The van der Waals surface area contributed by atoms with Crippen molar-refractivity contribution < 1.29 is 23.0 Å². The Morgan fingerprint density at radius 3 is 2.52 bits per heavy atom. The summed E-state index contributed by atoms with van der Waals surface area (Å²) >= 11 is 0. The number of esters is 1. The molecule has 150 valence electrons. The number of anilines is 3. The maximum absolute atomic E-state index is 12.2. The van der Waals surface area contributed by atoms with E-state index in [0.717, 1.165) is 11.3 Å². The van der Waals surface area contributed by atoms with Gasteiger partial charge >= 0.3 is 12.6 Å². The van der Waals surface area contributed by atoms with E-state index < -0.39 is 12.6 Å². The van der Waals surface area contributed by atoms with Gasteiger partial charge in [-0.25, -0.2) is 4.79 Å². The van der Waals surface area contributed by atoms with Crippen molar-refractivity contribution in [1.82, 2.24) is 15.0 Å². The van der Waals surface area contributed by atoms with Crippen molar-refractivity contribution >= 4 is 23.6 Å². The Morgan fingerprint density at radius 2 is 1.83 bits per heavy atom. The monoisotopic (exact) mass is 401 g/mol. The fourth-order valence-electron chi connectivity index (χ4n) is 2.38. The molecule has 3 aromatic rings. The number of para-hydroxylation sites is 1. The molecule has 0 aliphatic rings. The Hall–Kier alpha value is -3.82. The topological polar surface area (TPSA) is 112 Å². The van der Waals surface area contributed by atoms with Gasteiger partial charge in [-0.05, 0) is 42.8 Å². The number of halogens is 2. The van der Waals surface area contributed by atoms with Crippen LogP contribution in [0.5, 0.6) is 5.75 Å². The Bertz CT molecular complexity index is 999. The molecule has 0 bridgehead atoms. The van der Waals surface area contributed by atoms with E-state index in [0.29, 0.717) is 0 Å². The first-order valence-corrected chi connectivity index (χ1v) is 8.46. The van der Waals surface area contributed by atoms with Crippen LogP contribution < -0.4 is 15.8 Å². The number of nitrogens with one attached hydrogen (secondary N) is 1. The zero-order chi connectivity index (χ0) is 20.8. The molecule has 0 fully saturated rings. The minimum absolute atomic E-state index is 0.0318. The quantitative estimate of drug-likeness (QED) is 0.579. The van der Waals surface area contributed by atoms with Crippen LogP contribution in [0, 0.1) is 6.92 Å². The van der Waals surface area contributed by atoms with Crippen LogP contribution in [-0.4, -0.2) is 27.5 Å². The fourth-order valence-corrected chi connectivity index (χ4v) is 2.38. The Labute approximate surface area is 164 Å². The number of carbonyl (C=O) groups is 1. The number of hydrogen-bond acceptors (Lipinski definition) is 8. The van der Waals surface area contributed by atoms with Gasteiger partial charge in [-0.15, -0.1) is 0 Å². The highest BCUT2D eigenvalue weighted by Gasteiger charge is 2.12. The van der Waals surface area contributed by atoms with Gasteiger partial charge in [-0.2, -0.15) is 23.7 Å². The van der Waals surface area contributed by atoms with E-state index in [1.807, 2.05) is 31.2 Å². The second-order valence-electron chi connectivity index (χ2n) is 5.85. The average Bonchev–Trinajstić information content (AvgIpc) is 2.68. The van der Waals surface area contributed by atoms with Crippen molar-refractivity contribution in [2.24, 2.45) is 0 Å². The summed E-state index contributed by atoms with van der Waals surface area (Å²) < 4.78 is 33.7. The number of carbonyl (C=O) groups excluding carboxylic acids is 1. The molecule has 3 rings (SSSR count). The van der Waals surface area contributed by atoms with Crippen LogP contribution in [0.15, 0.2) is 48.5 Å². The van der Waals surface area contributed by atoms with Gasteiger partial charge in [0.2, 0.25) is 11.9 Å². The largest absolute Gasteiger partial charge is 0.454 e. The summed E-state index contributed by atoms with van der Waals surface area (Å²) in [6, 6.07) is 12.7. The summed E-state index contributed by atoms with van der Waals surface area (Å²) in [5.41, 5.74) is 7.65. The van der Waals surface area contributed by atoms with E-state index in [4.69, 9.17) is 10.5 Å². The molecule has 0 radical (unpaired) electrons. The highest BCUT2D eigenvalue weighted by molar-refractivity contribution is 5.89. The van der Waals surface area contributed by atoms with Gasteiger partial charge in [-0.3, -0.25) is 0 Å². The van der Waals surface area contributed by atoms with Crippen LogP contribution in [0.1, 0.15) is 21.7 Å². The minimum Gasteiger partial charge on any atom is -0.454 e. The molecule has 0 atom stereocenters. The summed E-state index contributed by atoms with van der Waals surface area (Å²) in [6.07, 6.45) is 0. The molecular formula is C19H17F2N5O3. The third-order valence-corrected chi connectivity index (χ3v) is 3.74. The van der Waals surface area contributed by atoms with Gasteiger partial charge in [0.1, 0.15) is 5.75 Å². The number of nitrogens with zero attached hydrogens (tertiary/aromatic N) is 3. The maximum Gasteiger partial charge on any atom is 0.387 e. The van der Waals surface area contributed by atoms with Crippen LogP contribution in [0.25, 0.3) is 0 Å². The van der Waals surface area contributed by atoms with Crippen molar-refractivity contribution in [3.63, 3.8) is 0 Å². The Balaban J connectivity index is 1.65. The van der Waals surface area contributed by atoms with Crippen LogP contribution in [0.2, 0.25) is 0 Å². The van der Waals surface area contributed by atoms with Crippen molar-refractivity contribution in [2.75, 3.05) is 11.1 Å². The predicted octanol–water partition coefficient (Wildman–Crippen LogP) is 3.46. The van der Waals surface area contributed by atoms with E-state index in [1.54, 1.807) is 0 Å². The van der Waals surface area contributed by atoms with Gasteiger partial charge in [0.25, 0.3) is 0 Å². The number of alkyl halides is 2. The van der Waals surface area contributed by atoms with E-state index >= 15 is 0 Å². The number of nitrogens with two attached hydrogens (primary N) is 1. The third-order valence-electron chi connectivity index (χ3n) is 3.74. The molecule has 29 heavy (non-hydrogen) atoms. The molecule has 3 N–H and O–H groups in total. The van der Waals surface area contributed by atoms with Gasteiger partial charge in [0, 0.05) is 5.69 Å². The molecule has 2 aromatic carbocycles. The average molecular weight is 401 g/mol. The second-order valence-corrected chi connectivity index (χ2v) is 5.85. The lowest BCUT2D eigenvalue weighted by atomic mass is 10.2. The predicted molar refractivity (Wildman–Crippen MR) is 101 cm³/mol. The van der Waals surface area contributed by atoms with Gasteiger partial charge in [0.15, 0.2) is 12.4 Å². The number of benzene rings is 2. The van der Waals surface area contributed by atoms with Crippen molar-refractivity contribution in [3.05, 3.63) is 65.5 Å². The fraction of sp³-hybridized carbons (Fsp3) is 0.158. The number of nitrogen functional groups attached to an aromatic ring is 1. The molecule has 1 aromatic heterocycles. The molecule has 10 heteroatoms. The van der Waals surface area contributed by atoms with Crippen molar-refractivity contribution in [2.45, 2.75) is 20.1 Å². The van der Waals surface area contributed by atoms with E-state index in [1.165, 1.54) is 24.3 Å². The zero-order valence-corrected chi connectivity index (χ0v) is 15.3. The summed E-state index contributed by atoms with van der Waals surface area (Å²) in [5.74, 6) is -0.406. The van der Waals surface area contributed by atoms with Crippen LogP contribution >= 0.6 is 0 Å². The molecule has 0 saturated heterocycles. The summed E-state index contributed by atoms with van der Waals surface area (Å²) in [6.45, 7) is -1.26. The standard InChI is InChI=1S/C19H17F2N5O3/c1-11-4-2-3-5-14(11)23-19-25-15(24-18(22)26-19)10-28-16(27)12-6-8-13(9-7-12)29-17(20)21/h2-9,17H,10H2,1H3,(H3,22,23,24,25,26). The lowest BCUT2D eigenvalue weighted by molar-refractivity contribution is -0.0498. The summed E-state index contributed by atoms with van der Waals surface area (Å²) in [5, 5.41) is 3.04. The van der Waals surface area contributed by atoms with Crippen LogP contribution in [0.4, 0.5) is 26.4 Å². The van der Waals surface area contributed by atoms with E-state index in [-0.39, 0.29) is 35.6 Å². The lowest BCUT2D eigenvalue weighted by Crippen LogP contribution is -2.11. The first-order chi connectivity index (χ1) is 13.9. The minimum atomic E-state index is -2.94. The second kappa shape index (κ2) is 8.91. The summed E-state index contributed by atoms with van der Waals surface area (Å²) in [7, 11) is 0. The molecule has 8 nitrogen and oxygen atoms in total. The lowest BCUT2D eigenvalue weighted by Gasteiger charge is -2.10. The highest BCUT2D eigenvalue weighted by Crippen LogP contribution is 2.18. The number of aromatic nitrogens is 3. The molecule has 1 heterocycles. The first kappa shape index (κ1) is 19.9. The number of rotatable bonds is 7. The molecular weight excluding hydrogens is 384 g/mol. The zero-order valence-electron chi connectivity index (χ0n) is 15.3. The number of aryl methyl sites for hydroxylation is 1. The first-order valence-electron chi connectivity index (χ1n) is 8.46. The molecule has 0 spiro atoms. The normalized spacial score (nSPS) is 10.6. The molecule has 0 unspecified atom stereocenters. The van der Waals surface area contributed by atoms with Crippen molar-refractivity contribution in [3.8, 4) is 5.75 Å². The van der Waals surface area contributed by atoms with Crippen LogP contribution in [-0.2, 0) is 11.3 Å². The maximum atomic E-state index is 12.2. The molecule has 0 aliphatic carbocycles. The molecule has 0 saturated carbocycles. The SMILES string of the molecule is Cc1ccccc1Nc1nc(N)nc(COC(=O)c2ccc(OC(F)F)cc2)n1. The summed E-state index contributed by atoms with van der Waals surface area (Å²) in [4.78, 5) is 24.3. The smallest absolute Gasteiger partial charge is 0.387 e. The van der Waals surface area contributed by atoms with E-state index in [2.05, 4.69) is 25.0 Å². The highest BCUT2D eigenvalue weighted by atomic mass is 19.3. The molecule has 0 aliphatic heterocycles. The number of ether oxygens (including phenoxy) is 2. The molecule has 0 amide bonds. The number of hydrogen-bond donors (Lipinski definition) is 2. The van der Waals surface area contributed by atoms with Crippen molar-refractivity contribution in [1.29, 1.82) is 0 Å². The van der Waals surface area contributed by atoms with Gasteiger partial charge < -0.3 is 20.5 Å². The third kappa shape index (κ3) is 5.58. The van der Waals surface area contributed by atoms with Gasteiger partial charge in [-0.1, -0.05) is 18.2 Å². The van der Waals surface area contributed by atoms with E-state index in [9.17, 15) is 13.6 Å². The van der Waals surface area contributed by atoms with Gasteiger partial charge in [0.05, 0.1) is 5.56 Å². The van der Waals surface area contributed by atoms with Crippen LogP contribution in [0.3, 0.4) is 0 Å². The Kier molecular flexibility index (Phi) is 6.12.